The van der Waals surface area contributed by atoms with Gasteiger partial charge in [-0.1, -0.05) is 44.2 Å². The summed E-state index contributed by atoms with van der Waals surface area (Å²) in [6.07, 6.45) is 1.83. The summed E-state index contributed by atoms with van der Waals surface area (Å²) in [6.45, 7) is 8.01. The molecule has 2 aliphatic rings. The van der Waals surface area contributed by atoms with Gasteiger partial charge in [0.2, 0.25) is 0 Å². The van der Waals surface area contributed by atoms with Crippen LogP contribution in [0.15, 0.2) is 60.3 Å². The highest BCUT2D eigenvalue weighted by molar-refractivity contribution is 5.94. The van der Waals surface area contributed by atoms with E-state index >= 15 is 0 Å². The van der Waals surface area contributed by atoms with E-state index in [1.165, 1.54) is 11.3 Å². The van der Waals surface area contributed by atoms with Gasteiger partial charge >= 0.3 is 0 Å². The Bertz CT molecular complexity index is 943. The van der Waals surface area contributed by atoms with Crippen LogP contribution in [0.5, 0.6) is 5.75 Å². The Kier molecular flexibility index (Phi) is 5.09. The number of rotatable bonds is 4. The van der Waals surface area contributed by atoms with E-state index in [1.807, 2.05) is 37.4 Å². The fourth-order valence-corrected chi connectivity index (χ4v) is 4.56. The second-order valence-corrected chi connectivity index (χ2v) is 8.45. The number of aromatic hydroxyl groups is 1. The summed E-state index contributed by atoms with van der Waals surface area (Å²) in [4.78, 5) is 19.4. The van der Waals surface area contributed by atoms with Gasteiger partial charge < -0.3 is 14.9 Å². The molecule has 2 heterocycles. The van der Waals surface area contributed by atoms with Crippen molar-refractivity contribution in [2.75, 3.05) is 49.6 Å². The molecule has 0 spiro atoms. The highest BCUT2D eigenvalue weighted by Crippen LogP contribution is 2.46. The third-order valence-electron chi connectivity index (χ3n) is 6.21. The maximum absolute atomic E-state index is 12.9. The average Bonchev–Trinajstić information content (AvgIpc) is 2.90. The Labute approximate surface area is 172 Å². The van der Waals surface area contributed by atoms with Crippen molar-refractivity contribution in [3.8, 4) is 5.75 Å². The number of piperazine rings is 1. The molecule has 1 fully saturated rings. The van der Waals surface area contributed by atoms with E-state index in [0.29, 0.717) is 12.3 Å². The molecule has 0 bridgehead atoms. The zero-order chi connectivity index (χ0) is 20.6. The van der Waals surface area contributed by atoms with E-state index in [0.717, 1.165) is 37.6 Å². The summed E-state index contributed by atoms with van der Waals surface area (Å²) in [5.74, 6) is 0.455. The van der Waals surface area contributed by atoms with Crippen molar-refractivity contribution in [2.45, 2.75) is 19.3 Å². The first kappa shape index (κ1) is 19.5. The molecule has 1 N–H and O–H groups in total. The van der Waals surface area contributed by atoms with Gasteiger partial charge in [-0.2, -0.15) is 0 Å². The van der Waals surface area contributed by atoms with Crippen LogP contribution in [0.2, 0.25) is 0 Å². The molecule has 1 saturated heterocycles. The third kappa shape index (κ3) is 3.62. The summed E-state index contributed by atoms with van der Waals surface area (Å²) in [6, 6.07) is 15.8. The number of fused-ring (bicyclic) bond motifs is 1. The number of phenols is 1. The van der Waals surface area contributed by atoms with Crippen LogP contribution >= 0.6 is 0 Å². The van der Waals surface area contributed by atoms with Gasteiger partial charge in [0, 0.05) is 56.1 Å². The highest BCUT2D eigenvalue weighted by Gasteiger charge is 2.38. The van der Waals surface area contributed by atoms with Crippen LogP contribution in [0, 0.1) is 0 Å². The largest absolute Gasteiger partial charge is 0.506 e. The van der Waals surface area contributed by atoms with Crippen molar-refractivity contribution >= 4 is 17.2 Å². The molecule has 2 aromatic carbocycles. The lowest BCUT2D eigenvalue weighted by Gasteiger charge is -2.36. The fourth-order valence-electron chi connectivity index (χ4n) is 4.56. The molecule has 0 radical (unpaired) electrons. The summed E-state index contributed by atoms with van der Waals surface area (Å²) < 4.78 is 0. The van der Waals surface area contributed by atoms with E-state index < -0.39 is 0 Å². The smallest absolute Gasteiger partial charge is 0.171 e. The molecular weight excluding hydrogens is 362 g/mol. The zero-order valence-corrected chi connectivity index (χ0v) is 17.4. The predicted molar refractivity (Wildman–Crippen MR) is 118 cm³/mol. The molecule has 0 unspecified atom stereocenters. The number of ketones is 1. The fraction of sp³-hybridized carbons (Fsp3) is 0.375. The van der Waals surface area contributed by atoms with Crippen LogP contribution in [0.25, 0.3) is 0 Å². The van der Waals surface area contributed by atoms with Crippen LogP contribution in [0.1, 0.15) is 19.4 Å². The van der Waals surface area contributed by atoms with Gasteiger partial charge in [-0.15, -0.1) is 0 Å². The van der Waals surface area contributed by atoms with Gasteiger partial charge in [0.1, 0.15) is 5.75 Å². The second kappa shape index (κ2) is 7.56. The van der Waals surface area contributed by atoms with Gasteiger partial charge in [0.05, 0.1) is 12.2 Å². The number of allylic oxidation sites excluding steroid dienone is 1. The number of benzene rings is 2. The number of phenolic OH excluding ortho intramolecular Hbond substituents is 1. The minimum atomic E-state index is -0.176. The molecule has 5 heteroatoms. The normalized spacial score (nSPS) is 20.2. The Morgan fingerprint density at radius 3 is 2.28 bits per heavy atom. The van der Waals surface area contributed by atoms with Crippen molar-refractivity contribution < 1.29 is 9.90 Å². The third-order valence-corrected chi connectivity index (χ3v) is 6.21. The predicted octanol–water partition coefficient (Wildman–Crippen LogP) is 3.39. The molecule has 0 aliphatic carbocycles. The van der Waals surface area contributed by atoms with E-state index in [4.69, 9.17) is 0 Å². The van der Waals surface area contributed by atoms with Crippen molar-refractivity contribution in [2.24, 2.45) is 0 Å². The van der Waals surface area contributed by atoms with Crippen LogP contribution in [-0.4, -0.2) is 55.6 Å². The average molecular weight is 392 g/mol. The standard InChI is InChI=1S/C24H29N3O2/c1-24(2)19-8-4-5-9-20(19)25(3)23(24)16-18(28)17-26-12-14-27(15-13-26)21-10-6-7-11-22(21)29/h4-11,16,29H,12-15,17H2,1-3H3/b23-16-. The molecule has 0 amide bonds. The molecule has 2 aliphatic heterocycles. The molecule has 0 aromatic heterocycles. The van der Waals surface area contributed by atoms with Gasteiger partial charge in [0.15, 0.2) is 5.78 Å². The molecule has 4 rings (SSSR count). The molecule has 2 aromatic rings. The maximum Gasteiger partial charge on any atom is 0.171 e. The molecule has 29 heavy (non-hydrogen) atoms. The first-order valence-electron chi connectivity index (χ1n) is 10.2. The van der Waals surface area contributed by atoms with Gasteiger partial charge in [-0.3, -0.25) is 9.69 Å². The summed E-state index contributed by atoms with van der Waals surface area (Å²) in [5, 5.41) is 10.1. The van der Waals surface area contributed by atoms with Gasteiger partial charge in [-0.25, -0.2) is 0 Å². The number of para-hydroxylation sites is 3. The quantitative estimate of drug-likeness (QED) is 0.810. The number of anilines is 2. The van der Waals surface area contributed by atoms with Crippen molar-refractivity contribution in [1.82, 2.24) is 4.90 Å². The van der Waals surface area contributed by atoms with Crippen LogP contribution in [-0.2, 0) is 10.2 Å². The number of likely N-dealkylation sites (N-methyl/N-ethyl adjacent to an activating group) is 1. The molecular formula is C24H29N3O2. The topological polar surface area (TPSA) is 47.0 Å². The van der Waals surface area contributed by atoms with E-state index in [-0.39, 0.29) is 11.2 Å². The number of hydrogen-bond donors (Lipinski definition) is 1. The Morgan fingerprint density at radius 1 is 1.00 bits per heavy atom. The van der Waals surface area contributed by atoms with Gasteiger partial charge in [0.25, 0.3) is 0 Å². The lowest BCUT2D eigenvalue weighted by molar-refractivity contribution is -0.115. The molecule has 152 valence electrons. The van der Waals surface area contributed by atoms with Crippen molar-refractivity contribution in [1.29, 1.82) is 0 Å². The maximum atomic E-state index is 12.9. The SMILES string of the molecule is CN1/C(=C\C(=O)CN2CCN(c3ccccc3O)CC2)C(C)(C)c2ccccc21. The van der Waals surface area contributed by atoms with Crippen molar-refractivity contribution in [3.05, 3.63) is 65.9 Å². The summed E-state index contributed by atoms with van der Waals surface area (Å²) >= 11 is 0. The highest BCUT2D eigenvalue weighted by atomic mass is 16.3. The van der Waals surface area contributed by atoms with Crippen LogP contribution < -0.4 is 9.80 Å². The number of carbonyl (C=O) groups excluding carboxylic acids is 1. The lowest BCUT2D eigenvalue weighted by atomic mass is 9.83. The van der Waals surface area contributed by atoms with Crippen LogP contribution in [0.4, 0.5) is 11.4 Å². The monoisotopic (exact) mass is 391 g/mol. The number of hydrogen-bond acceptors (Lipinski definition) is 5. The van der Waals surface area contributed by atoms with Crippen LogP contribution in [0.3, 0.4) is 0 Å². The number of carbonyl (C=O) groups is 1. The lowest BCUT2D eigenvalue weighted by Crippen LogP contribution is -2.48. The molecule has 5 nitrogen and oxygen atoms in total. The van der Waals surface area contributed by atoms with E-state index in [2.05, 4.69) is 46.7 Å². The second-order valence-electron chi connectivity index (χ2n) is 8.45. The van der Waals surface area contributed by atoms with E-state index in [1.54, 1.807) is 6.07 Å². The summed E-state index contributed by atoms with van der Waals surface area (Å²) in [5.41, 5.74) is 4.18. The molecule has 0 saturated carbocycles. The Hall–Kier alpha value is -2.79. The van der Waals surface area contributed by atoms with E-state index in [9.17, 15) is 9.90 Å². The number of nitrogens with zero attached hydrogens (tertiary/aromatic N) is 3. The minimum Gasteiger partial charge on any atom is -0.506 e. The van der Waals surface area contributed by atoms with Gasteiger partial charge in [-0.05, 0) is 23.8 Å². The minimum absolute atomic E-state index is 0.142. The molecule has 0 atom stereocenters. The first-order chi connectivity index (χ1) is 13.9. The summed E-state index contributed by atoms with van der Waals surface area (Å²) in [7, 11) is 2.04. The van der Waals surface area contributed by atoms with Crippen molar-refractivity contribution in [3.63, 3.8) is 0 Å². The zero-order valence-electron chi connectivity index (χ0n) is 17.4. The Morgan fingerprint density at radius 2 is 1.62 bits per heavy atom. The Balaban J connectivity index is 1.40. The first-order valence-corrected chi connectivity index (χ1v) is 10.2.